The van der Waals surface area contributed by atoms with Crippen LogP contribution in [0.5, 0.6) is 0 Å². The molecule has 0 radical (unpaired) electrons. The number of rotatable bonds is 2. The third kappa shape index (κ3) is 3.54. The Labute approximate surface area is 72.4 Å². The van der Waals surface area contributed by atoms with Crippen LogP contribution >= 0.6 is 11.3 Å². The fourth-order valence-corrected chi connectivity index (χ4v) is 1.41. The molecule has 0 aromatic carbocycles. The van der Waals surface area contributed by atoms with Crippen LogP contribution in [0.15, 0.2) is 17.5 Å². The van der Waals surface area contributed by atoms with Gasteiger partial charge in [-0.15, -0.1) is 11.3 Å². The van der Waals surface area contributed by atoms with Crippen molar-refractivity contribution in [2.45, 2.75) is 32.9 Å². The molecule has 11 heavy (non-hydrogen) atoms. The van der Waals surface area contributed by atoms with Crippen molar-refractivity contribution in [1.29, 1.82) is 0 Å². The molecule has 62 valence electrons. The van der Waals surface area contributed by atoms with Crippen LogP contribution in [-0.2, 0) is 6.54 Å². The molecule has 1 rings (SSSR count). The first-order valence-corrected chi connectivity index (χ1v) is 4.73. The smallest absolute Gasteiger partial charge is 0.0304 e. The maximum Gasteiger partial charge on any atom is 0.0304 e. The number of thiophene rings is 1. The summed E-state index contributed by atoms with van der Waals surface area (Å²) in [5.41, 5.74) is 0.226. The van der Waals surface area contributed by atoms with Crippen LogP contribution in [0.25, 0.3) is 0 Å². The van der Waals surface area contributed by atoms with Crippen molar-refractivity contribution < 1.29 is 0 Å². The van der Waals surface area contributed by atoms with E-state index in [4.69, 9.17) is 0 Å². The highest BCUT2D eigenvalue weighted by molar-refractivity contribution is 7.09. The third-order valence-electron chi connectivity index (χ3n) is 1.37. The predicted molar refractivity (Wildman–Crippen MR) is 50.9 cm³/mol. The summed E-state index contributed by atoms with van der Waals surface area (Å²) >= 11 is 1.80. The first-order valence-electron chi connectivity index (χ1n) is 3.85. The summed E-state index contributed by atoms with van der Waals surface area (Å²) in [5, 5.41) is 5.55. The maximum atomic E-state index is 3.43. The molecule has 0 spiro atoms. The lowest BCUT2D eigenvalue weighted by Gasteiger charge is -2.19. The molecule has 0 bridgehead atoms. The van der Waals surface area contributed by atoms with Gasteiger partial charge >= 0.3 is 0 Å². The van der Waals surface area contributed by atoms with E-state index in [-0.39, 0.29) is 5.54 Å². The fourth-order valence-electron chi connectivity index (χ4n) is 0.765. The van der Waals surface area contributed by atoms with E-state index < -0.39 is 0 Å². The van der Waals surface area contributed by atoms with Crippen molar-refractivity contribution in [2.24, 2.45) is 0 Å². The molecular weight excluding hydrogens is 154 g/mol. The van der Waals surface area contributed by atoms with Crippen LogP contribution < -0.4 is 5.32 Å². The minimum absolute atomic E-state index is 0.226. The number of hydrogen-bond acceptors (Lipinski definition) is 2. The second kappa shape index (κ2) is 3.37. The van der Waals surface area contributed by atoms with E-state index in [1.165, 1.54) is 4.88 Å². The van der Waals surface area contributed by atoms with Gasteiger partial charge in [-0.25, -0.2) is 0 Å². The highest BCUT2D eigenvalue weighted by Crippen LogP contribution is 2.09. The fraction of sp³-hybridized carbons (Fsp3) is 0.556. The van der Waals surface area contributed by atoms with Gasteiger partial charge in [-0.2, -0.15) is 0 Å². The van der Waals surface area contributed by atoms with Gasteiger partial charge in [-0.1, -0.05) is 6.07 Å². The summed E-state index contributed by atoms with van der Waals surface area (Å²) in [4.78, 5) is 1.40. The average molecular weight is 169 g/mol. The summed E-state index contributed by atoms with van der Waals surface area (Å²) in [5.74, 6) is 0. The molecule has 1 heterocycles. The van der Waals surface area contributed by atoms with Gasteiger partial charge in [0.2, 0.25) is 0 Å². The lowest BCUT2D eigenvalue weighted by molar-refractivity contribution is 0.426. The highest BCUT2D eigenvalue weighted by atomic mass is 32.1. The van der Waals surface area contributed by atoms with E-state index in [9.17, 15) is 0 Å². The Kier molecular flexibility index (Phi) is 2.68. The minimum Gasteiger partial charge on any atom is -0.307 e. The monoisotopic (exact) mass is 169 g/mol. The van der Waals surface area contributed by atoms with Crippen molar-refractivity contribution >= 4 is 11.3 Å². The molecule has 1 aromatic rings. The maximum absolute atomic E-state index is 3.43. The first-order chi connectivity index (χ1) is 5.08. The normalized spacial score (nSPS) is 11.9. The third-order valence-corrected chi connectivity index (χ3v) is 2.25. The second-order valence-electron chi connectivity index (χ2n) is 3.68. The molecule has 0 aliphatic carbocycles. The summed E-state index contributed by atoms with van der Waals surface area (Å²) < 4.78 is 0. The zero-order valence-corrected chi connectivity index (χ0v) is 8.16. The average Bonchev–Trinajstić information content (AvgIpc) is 2.32. The summed E-state index contributed by atoms with van der Waals surface area (Å²) in [6.45, 7) is 7.53. The predicted octanol–water partition coefficient (Wildman–Crippen LogP) is 2.64. The van der Waals surface area contributed by atoms with Gasteiger partial charge in [0.05, 0.1) is 0 Å². The van der Waals surface area contributed by atoms with Crippen LogP contribution in [0.1, 0.15) is 25.6 Å². The van der Waals surface area contributed by atoms with E-state index >= 15 is 0 Å². The molecule has 0 amide bonds. The van der Waals surface area contributed by atoms with Gasteiger partial charge in [0, 0.05) is 17.0 Å². The Balaban J connectivity index is 2.35. The van der Waals surface area contributed by atoms with E-state index in [2.05, 4.69) is 43.6 Å². The molecule has 0 saturated carbocycles. The molecule has 1 N–H and O–H groups in total. The zero-order chi connectivity index (χ0) is 8.32. The van der Waals surface area contributed by atoms with E-state index in [0.29, 0.717) is 0 Å². The van der Waals surface area contributed by atoms with Gasteiger partial charge < -0.3 is 5.32 Å². The van der Waals surface area contributed by atoms with Crippen LogP contribution in [0.4, 0.5) is 0 Å². The minimum atomic E-state index is 0.226. The molecule has 0 fully saturated rings. The van der Waals surface area contributed by atoms with Crippen molar-refractivity contribution in [2.75, 3.05) is 0 Å². The second-order valence-corrected chi connectivity index (χ2v) is 4.72. The van der Waals surface area contributed by atoms with Gasteiger partial charge in [-0.05, 0) is 32.2 Å². The van der Waals surface area contributed by atoms with Crippen LogP contribution in [0, 0.1) is 0 Å². The highest BCUT2D eigenvalue weighted by Gasteiger charge is 2.07. The molecule has 0 saturated heterocycles. The Morgan fingerprint density at radius 3 is 2.64 bits per heavy atom. The molecule has 1 nitrogen and oxygen atoms in total. The number of hydrogen-bond donors (Lipinski definition) is 1. The van der Waals surface area contributed by atoms with Crippen molar-refractivity contribution in [3.63, 3.8) is 0 Å². The summed E-state index contributed by atoms with van der Waals surface area (Å²) in [6.07, 6.45) is 0. The first kappa shape index (κ1) is 8.75. The van der Waals surface area contributed by atoms with Crippen molar-refractivity contribution in [3.8, 4) is 0 Å². The van der Waals surface area contributed by atoms with E-state index in [0.717, 1.165) is 6.54 Å². The molecule has 1 aromatic heterocycles. The van der Waals surface area contributed by atoms with Gasteiger partial charge in [0.15, 0.2) is 0 Å². The molecule has 0 atom stereocenters. The Bertz CT molecular complexity index is 196. The van der Waals surface area contributed by atoms with E-state index in [1.807, 2.05) is 0 Å². The molecule has 0 unspecified atom stereocenters. The Morgan fingerprint density at radius 2 is 2.18 bits per heavy atom. The van der Waals surface area contributed by atoms with Crippen LogP contribution in [-0.4, -0.2) is 5.54 Å². The van der Waals surface area contributed by atoms with Crippen LogP contribution in [0.3, 0.4) is 0 Å². The van der Waals surface area contributed by atoms with Gasteiger partial charge in [-0.3, -0.25) is 0 Å². The lowest BCUT2D eigenvalue weighted by atomic mass is 10.1. The zero-order valence-electron chi connectivity index (χ0n) is 7.35. The quantitative estimate of drug-likeness (QED) is 0.717. The molecule has 0 aliphatic heterocycles. The largest absolute Gasteiger partial charge is 0.307 e. The Morgan fingerprint density at radius 1 is 1.45 bits per heavy atom. The molecule has 2 heteroatoms. The summed E-state index contributed by atoms with van der Waals surface area (Å²) in [7, 11) is 0. The van der Waals surface area contributed by atoms with E-state index in [1.54, 1.807) is 11.3 Å². The standard InChI is InChI=1S/C9H15NS/c1-9(2,3)10-7-8-5-4-6-11-8/h4-6,10H,7H2,1-3H3. The lowest BCUT2D eigenvalue weighted by Crippen LogP contribution is -2.34. The Hall–Kier alpha value is -0.340. The van der Waals surface area contributed by atoms with Crippen molar-refractivity contribution in [1.82, 2.24) is 5.32 Å². The topological polar surface area (TPSA) is 12.0 Å². The van der Waals surface area contributed by atoms with Crippen molar-refractivity contribution in [3.05, 3.63) is 22.4 Å². The van der Waals surface area contributed by atoms with Gasteiger partial charge in [0.25, 0.3) is 0 Å². The molecule has 0 aliphatic rings. The SMILES string of the molecule is CC(C)(C)NCc1cccs1. The summed E-state index contributed by atoms with van der Waals surface area (Å²) in [6, 6.07) is 4.24. The van der Waals surface area contributed by atoms with Gasteiger partial charge in [0.1, 0.15) is 0 Å². The molecular formula is C9H15NS. The van der Waals surface area contributed by atoms with Crippen LogP contribution in [0.2, 0.25) is 0 Å². The number of nitrogens with one attached hydrogen (secondary N) is 1.